The Morgan fingerprint density at radius 3 is 2.69 bits per heavy atom. The molecule has 0 radical (unpaired) electrons. The van der Waals surface area contributed by atoms with Crippen molar-refractivity contribution in [3.05, 3.63) is 50.4 Å². The Morgan fingerprint density at radius 1 is 1.21 bits per heavy atom. The first-order valence-corrected chi connectivity index (χ1v) is 11.5. The average Bonchev–Trinajstić information content (AvgIpc) is 3.12. The fourth-order valence-electron chi connectivity index (χ4n) is 3.47. The normalized spacial score (nSPS) is 14.3. The van der Waals surface area contributed by atoms with Gasteiger partial charge < -0.3 is 10.6 Å². The lowest BCUT2D eigenvalue weighted by molar-refractivity contribution is -0.123. The minimum atomic E-state index is -0.606. The third-order valence-corrected chi connectivity index (χ3v) is 6.66. The number of fused-ring (bicyclic) bond motifs is 1. The number of nitrogens with one attached hydrogen (secondary N) is 2. The Labute approximate surface area is 181 Å². The predicted molar refractivity (Wildman–Crippen MR) is 118 cm³/mol. The smallest absolute Gasteiger partial charge is 0.253 e. The lowest BCUT2D eigenvalue weighted by Gasteiger charge is -2.22. The molecule has 1 aliphatic rings. The second-order valence-electron chi connectivity index (χ2n) is 7.75. The number of benzene rings is 1. The zero-order chi connectivity index (χ0) is 20.8. The van der Waals surface area contributed by atoms with Gasteiger partial charge in [0.05, 0.1) is 21.3 Å². The highest BCUT2D eigenvalue weighted by Crippen LogP contribution is 2.27. The number of carbonyl (C=O) groups is 2. The molecule has 1 aromatic carbocycles. The number of halogens is 1. The van der Waals surface area contributed by atoms with Gasteiger partial charge in [-0.15, -0.1) is 11.3 Å². The molecule has 1 aromatic heterocycles. The number of rotatable bonds is 8. The van der Waals surface area contributed by atoms with Crippen molar-refractivity contribution < 1.29 is 9.59 Å². The summed E-state index contributed by atoms with van der Waals surface area (Å²) in [7, 11) is 0. The molecule has 0 aliphatic heterocycles. The topological polar surface area (TPSA) is 71.1 Å². The molecule has 0 saturated carbocycles. The number of aryl methyl sites for hydroxylation is 3. The van der Waals surface area contributed by atoms with Gasteiger partial charge in [-0.3, -0.25) is 9.59 Å². The summed E-state index contributed by atoms with van der Waals surface area (Å²) in [5.41, 5.74) is 1.66. The predicted octanol–water partition coefficient (Wildman–Crippen LogP) is 4.18. The lowest BCUT2D eigenvalue weighted by Crippen LogP contribution is -2.50. The van der Waals surface area contributed by atoms with Crippen LogP contribution in [0.2, 0.25) is 5.02 Å². The van der Waals surface area contributed by atoms with Crippen molar-refractivity contribution in [2.75, 3.05) is 6.54 Å². The second kappa shape index (κ2) is 10.2. The van der Waals surface area contributed by atoms with Gasteiger partial charge in [-0.25, -0.2) is 4.98 Å². The Bertz CT molecular complexity index is 842. The van der Waals surface area contributed by atoms with Gasteiger partial charge in [-0.05, 0) is 50.2 Å². The second-order valence-corrected chi connectivity index (χ2v) is 9.33. The van der Waals surface area contributed by atoms with Gasteiger partial charge >= 0.3 is 0 Å². The number of carbonyl (C=O) groups excluding carboxylic acids is 2. The summed E-state index contributed by atoms with van der Waals surface area (Å²) in [6.07, 6.45) is 6.47. The first kappa shape index (κ1) is 21.8. The van der Waals surface area contributed by atoms with E-state index < -0.39 is 6.04 Å². The molecule has 0 bridgehead atoms. The fraction of sp³-hybridized carbons (Fsp3) is 0.500. The van der Waals surface area contributed by atoms with Gasteiger partial charge in [0.25, 0.3) is 5.91 Å². The number of amides is 2. The van der Waals surface area contributed by atoms with E-state index in [1.807, 2.05) is 25.2 Å². The minimum absolute atomic E-state index is 0.0351. The van der Waals surface area contributed by atoms with E-state index in [9.17, 15) is 9.59 Å². The number of thiazole rings is 1. The third-order valence-electron chi connectivity index (χ3n) is 5.11. The Hall–Kier alpha value is -1.92. The largest absolute Gasteiger partial charge is 0.354 e. The number of hydrogen-bond donors (Lipinski definition) is 2. The molecule has 3 rings (SSSR count). The zero-order valence-corrected chi connectivity index (χ0v) is 18.5. The maximum Gasteiger partial charge on any atom is 0.253 e. The van der Waals surface area contributed by atoms with Gasteiger partial charge in [0.1, 0.15) is 6.04 Å². The van der Waals surface area contributed by atoms with E-state index in [2.05, 4.69) is 10.6 Å². The van der Waals surface area contributed by atoms with Crippen molar-refractivity contribution in [1.29, 1.82) is 0 Å². The van der Waals surface area contributed by atoms with Crippen LogP contribution in [0, 0.1) is 5.92 Å². The highest BCUT2D eigenvalue weighted by atomic mass is 35.5. The van der Waals surface area contributed by atoms with Gasteiger partial charge in [0, 0.05) is 17.8 Å². The van der Waals surface area contributed by atoms with E-state index in [0.29, 0.717) is 17.1 Å². The quantitative estimate of drug-likeness (QED) is 0.613. The monoisotopic (exact) mass is 433 g/mol. The summed E-state index contributed by atoms with van der Waals surface area (Å²) in [6.45, 7) is 4.39. The van der Waals surface area contributed by atoms with Crippen molar-refractivity contribution in [3.8, 4) is 0 Å². The van der Waals surface area contributed by atoms with E-state index in [1.165, 1.54) is 28.4 Å². The molecule has 2 N–H and O–H groups in total. The van der Waals surface area contributed by atoms with Crippen molar-refractivity contribution in [2.24, 2.45) is 5.92 Å². The molecule has 0 spiro atoms. The van der Waals surface area contributed by atoms with E-state index >= 15 is 0 Å². The molecule has 29 heavy (non-hydrogen) atoms. The Morgan fingerprint density at radius 2 is 1.97 bits per heavy atom. The van der Waals surface area contributed by atoms with Crippen LogP contribution in [0.5, 0.6) is 0 Å². The molecule has 7 heteroatoms. The van der Waals surface area contributed by atoms with Crippen molar-refractivity contribution in [1.82, 2.24) is 15.6 Å². The van der Waals surface area contributed by atoms with Crippen LogP contribution >= 0.6 is 22.9 Å². The molecule has 0 fully saturated rings. The summed E-state index contributed by atoms with van der Waals surface area (Å²) < 4.78 is 0. The van der Waals surface area contributed by atoms with Crippen LogP contribution in [-0.2, 0) is 24.1 Å². The summed E-state index contributed by atoms with van der Waals surface area (Å²) in [5.74, 6) is -0.538. The highest BCUT2D eigenvalue weighted by molar-refractivity contribution is 7.11. The molecule has 5 nitrogen and oxygen atoms in total. The van der Waals surface area contributed by atoms with Crippen LogP contribution in [0.3, 0.4) is 0 Å². The number of hydrogen-bond acceptors (Lipinski definition) is 4. The van der Waals surface area contributed by atoms with Crippen LogP contribution in [0.15, 0.2) is 24.3 Å². The maximum atomic E-state index is 12.6. The van der Waals surface area contributed by atoms with Gasteiger partial charge in [-0.2, -0.15) is 0 Å². The van der Waals surface area contributed by atoms with Crippen LogP contribution in [-0.4, -0.2) is 29.4 Å². The first-order chi connectivity index (χ1) is 14.0. The van der Waals surface area contributed by atoms with Crippen LogP contribution in [0.25, 0.3) is 0 Å². The Balaban J connectivity index is 1.48. The molecule has 1 aliphatic carbocycles. The molecule has 156 valence electrons. The standard InChI is InChI=1S/C22H28ClN3O2S/c1-14(2)20(26-21(27)15-8-3-4-9-16(15)23)22(28)24-13-7-12-19-25-17-10-5-6-11-18(17)29-19/h3-4,8-9,14,20H,5-7,10-13H2,1-2H3,(H,24,28)(H,26,27). The minimum Gasteiger partial charge on any atom is -0.354 e. The van der Waals surface area contributed by atoms with Crippen molar-refractivity contribution >= 4 is 34.8 Å². The Kier molecular flexibility index (Phi) is 7.67. The molecule has 1 unspecified atom stereocenters. The SMILES string of the molecule is CC(C)C(NC(=O)c1ccccc1Cl)C(=O)NCCCc1nc2c(s1)CCCC2. The molecule has 2 aromatic rings. The maximum absolute atomic E-state index is 12.6. The lowest BCUT2D eigenvalue weighted by atomic mass is 10.0. The average molecular weight is 434 g/mol. The zero-order valence-electron chi connectivity index (χ0n) is 17.0. The van der Waals surface area contributed by atoms with Crippen LogP contribution < -0.4 is 10.6 Å². The molecular weight excluding hydrogens is 406 g/mol. The first-order valence-electron chi connectivity index (χ1n) is 10.3. The molecule has 1 heterocycles. The van der Waals surface area contributed by atoms with Crippen LogP contribution in [0.4, 0.5) is 0 Å². The molecule has 0 saturated heterocycles. The summed E-state index contributed by atoms with van der Waals surface area (Å²) in [4.78, 5) is 31.3. The van der Waals surface area contributed by atoms with Crippen LogP contribution in [0.1, 0.15) is 59.0 Å². The van der Waals surface area contributed by atoms with Gasteiger partial charge in [-0.1, -0.05) is 37.6 Å². The summed E-state index contributed by atoms with van der Waals surface area (Å²) >= 11 is 7.91. The van der Waals surface area contributed by atoms with E-state index in [-0.39, 0.29) is 17.7 Å². The van der Waals surface area contributed by atoms with E-state index in [1.54, 1.807) is 24.3 Å². The molecular formula is C22H28ClN3O2S. The fourth-order valence-corrected chi connectivity index (χ4v) is 4.89. The number of aromatic nitrogens is 1. The van der Waals surface area contributed by atoms with E-state index in [4.69, 9.17) is 16.6 Å². The van der Waals surface area contributed by atoms with Gasteiger partial charge in [0.2, 0.25) is 5.91 Å². The molecule has 1 atom stereocenters. The number of nitrogens with zero attached hydrogens (tertiary/aromatic N) is 1. The third kappa shape index (κ3) is 5.80. The molecule has 2 amide bonds. The van der Waals surface area contributed by atoms with Gasteiger partial charge in [0.15, 0.2) is 0 Å². The highest BCUT2D eigenvalue weighted by Gasteiger charge is 2.25. The van der Waals surface area contributed by atoms with E-state index in [0.717, 1.165) is 25.7 Å². The summed E-state index contributed by atoms with van der Waals surface area (Å²) in [6, 6.07) is 6.23. The van der Waals surface area contributed by atoms with Crippen molar-refractivity contribution in [2.45, 2.75) is 58.4 Å². The van der Waals surface area contributed by atoms with Crippen molar-refractivity contribution in [3.63, 3.8) is 0 Å². The summed E-state index contributed by atoms with van der Waals surface area (Å²) in [5, 5.41) is 7.32.